The van der Waals surface area contributed by atoms with E-state index >= 15 is 0 Å². The molecule has 0 aliphatic rings. The molecule has 0 spiro atoms. The van der Waals surface area contributed by atoms with E-state index in [1.54, 1.807) is 6.92 Å². The topological polar surface area (TPSA) is 91.8 Å². The van der Waals surface area contributed by atoms with Crippen LogP contribution in [0.25, 0.3) is 0 Å². The van der Waals surface area contributed by atoms with E-state index in [2.05, 4.69) is 15.5 Å². The highest BCUT2D eigenvalue weighted by Gasteiger charge is 2.09. The summed E-state index contributed by atoms with van der Waals surface area (Å²) in [7, 11) is 0. The van der Waals surface area contributed by atoms with E-state index in [-0.39, 0.29) is 18.2 Å². The Kier molecular flexibility index (Phi) is 2.97. The molecule has 1 heterocycles. The highest BCUT2D eigenvalue weighted by molar-refractivity contribution is 5.78. The number of hydrogen-bond donors (Lipinski definition) is 1. The molecule has 0 radical (unpaired) electrons. The van der Waals surface area contributed by atoms with Crippen molar-refractivity contribution in [3.05, 3.63) is 12.3 Å². The molecule has 0 aliphatic carbocycles. The quantitative estimate of drug-likeness (QED) is 0.685. The van der Waals surface area contributed by atoms with Gasteiger partial charge in [0.05, 0.1) is 6.07 Å². The van der Waals surface area contributed by atoms with Crippen LogP contribution >= 0.6 is 0 Å². The average Bonchev–Trinajstić information content (AvgIpc) is 2.56. The Balaban J connectivity index is 2.39. The highest BCUT2D eigenvalue weighted by Crippen LogP contribution is 1.93. The Morgan fingerprint density at radius 2 is 2.69 bits per heavy atom. The number of carbonyl (C=O) groups is 1. The van der Waals surface area contributed by atoms with Crippen molar-refractivity contribution < 1.29 is 9.21 Å². The summed E-state index contributed by atoms with van der Waals surface area (Å²) in [4.78, 5) is 11.1. The molecule has 6 nitrogen and oxygen atoms in total. The van der Waals surface area contributed by atoms with Crippen molar-refractivity contribution in [1.82, 2.24) is 15.5 Å². The first-order chi connectivity index (χ1) is 6.22. The molecular formula is C7H8N4O2. The van der Waals surface area contributed by atoms with Crippen LogP contribution in [0.3, 0.4) is 0 Å². The fraction of sp³-hybridized carbons (Fsp3) is 0.429. The second kappa shape index (κ2) is 4.21. The van der Waals surface area contributed by atoms with Crippen molar-refractivity contribution in [2.45, 2.75) is 19.4 Å². The third-order valence-corrected chi connectivity index (χ3v) is 1.29. The van der Waals surface area contributed by atoms with Gasteiger partial charge in [0.1, 0.15) is 12.5 Å². The molecule has 1 aromatic rings. The molecule has 68 valence electrons. The molecule has 6 heteroatoms. The van der Waals surface area contributed by atoms with Gasteiger partial charge in [-0.2, -0.15) is 5.26 Å². The number of nitrogens with zero attached hydrogens (tertiary/aromatic N) is 3. The smallest absolute Gasteiger partial charge is 0.230 e. The number of hydrogen-bond acceptors (Lipinski definition) is 5. The zero-order valence-electron chi connectivity index (χ0n) is 7.02. The summed E-state index contributed by atoms with van der Waals surface area (Å²) in [6, 6.07) is 1.37. The van der Waals surface area contributed by atoms with Gasteiger partial charge in [0.25, 0.3) is 0 Å². The van der Waals surface area contributed by atoms with Crippen molar-refractivity contribution in [2.24, 2.45) is 0 Å². The predicted molar refractivity (Wildman–Crippen MR) is 41.2 cm³/mol. The Morgan fingerprint density at radius 1 is 1.92 bits per heavy atom. The van der Waals surface area contributed by atoms with Crippen LogP contribution in [0.1, 0.15) is 12.8 Å². The molecule has 0 bridgehead atoms. The van der Waals surface area contributed by atoms with Crippen LogP contribution in [0.5, 0.6) is 0 Å². The number of aromatic nitrogens is 2. The zero-order valence-corrected chi connectivity index (χ0v) is 7.02. The normalized spacial score (nSPS) is 11.7. The van der Waals surface area contributed by atoms with Crippen LogP contribution in [0.2, 0.25) is 0 Å². The predicted octanol–water partition coefficient (Wildman–Crippen LogP) is -0.360. The summed E-state index contributed by atoms with van der Waals surface area (Å²) in [5, 5.41) is 17.8. The molecule has 13 heavy (non-hydrogen) atoms. The first-order valence-electron chi connectivity index (χ1n) is 3.66. The fourth-order valence-corrected chi connectivity index (χ4v) is 0.735. The van der Waals surface area contributed by atoms with Crippen LogP contribution in [-0.4, -0.2) is 22.1 Å². The maximum absolute atomic E-state index is 11.1. The minimum atomic E-state index is -0.504. The van der Waals surface area contributed by atoms with Crippen LogP contribution in [-0.2, 0) is 11.2 Å². The van der Waals surface area contributed by atoms with E-state index < -0.39 is 6.04 Å². The number of rotatable bonds is 3. The SMILES string of the molecule is CC(C#N)NC(=O)Cc1nnco1. The molecule has 1 N–H and O–H groups in total. The molecule has 0 saturated heterocycles. The minimum Gasteiger partial charge on any atom is -0.427 e. The fourth-order valence-electron chi connectivity index (χ4n) is 0.735. The van der Waals surface area contributed by atoms with E-state index in [0.29, 0.717) is 0 Å². The average molecular weight is 180 g/mol. The second-order valence-electron chi connectivity index (χ2n) is 2.43. The zero-order chi connectivity index (χ0) is 9.68. The number of amides is 1. The third kappa shape index (κ3) is 2.91. The van der Waals surface area contributed by atoms with Gasteiger partial charge in [-0.25, -0.2) is 0 Å². The lowest BCUT2D eigenvalue weighted by Crippen LogP contribution is -2.32. The maximum atomic E-state index is 11.1. The molecule has 0 fully saturated rings. The van der Waals surface area contributed by atoms with Crippen molar-refractivity contribution in [1.29, 1.82) is 5.26 Å². The van der Waals surface area contributed by atoms with Gasteiger partial charge < -0.3 is 9.73 Å². The first kappa shape index (κ1) is 9.19. The summed E-state index contributed by atoms with van der Waals surface area (Å²) >= 11 is 0. The van der Waals surface area contributed by atoms with E-state index in [1.165, 1.54) is 0 Å². The van der Waals surface area contributed by atoms with Crippen LogP contribution in [0, 0.1) is 11.3 Å². The molecule has 1 aromatic heterocycles. The van der Waals surface area contributed by atoms with E-state index in [9.17, 15) is 4.79 Å². The highest BCUT2D eigenvalue weighted by atomic mass is 16.4. The summed E-state index contributed by atoms with van der Waals surface area (Å²) in [6.07, 6.45) is 1.16. The lowest BCUT2D eigenvalue weighted by Gasteiger charge is -2.03. The Labute approximate surface area is 74.6 Å². The lowest BCUT2D eigenvalue weighted by molar-refractivity contribution is -0.121. The van der Waals surface area contributed by atoms with Gasteiger partial charge in [0, 0.05) is 0 Å². The van der Waals surface area contributed by atoms with Crippen LogP contribution < -0.4 is 5.32 Å². The number of nitrogens with one attached hydrogen (secondary N) is 1. The second-order valence-corrected chi connectivity index (χ2v) is 2.43. The number of nitriles is 1. The molecule has 0 saturated carbocycles. The van der Waals surface area contributed by atoms with E-state index in [4.69, 9.17) is 9.68 Å². The Morgan fingerprint density at radius 3 is 3.23 bits per heavy atom. The summed E-state index contributed by atoms with van der Waals surface area (Å²) in [5.74, 6) is -0.0686. The Bertz CT molecular complexity index is 314. The van der Waals surface area contributed by atoms with Gasteiger partial charge in [0.2, 0.25) is 18.2 Å². The summed E-state index contributed by atoms with van der Waals surface area (Å²) < 4.78 is 4.75. The first-order valence-corrected chi connectivity index (χ1v) is 3.66. The molecule has 1 atom stereocenters. The molecule has 0 aromatic carbocycles. The van der Waals surface area contributed by atoms with Crippen LogP contribution in [0.4, 0.5) is 0 Å². The minimum absolute atomic E-state index is 0.00597. The number of carbonyl (C=O) groups excluding carboxylic acids is 1. The van der Waals surface area contributed by atoms with Crippen molar-refractivity contribution in [2.75, 3.05) is 0 Å². The van der Waals surface area contributed by atoms with Crippen molar-refractivity contribution >= 4 is 5.91 Å². The van der Waals surface area contributed by atoms with Crippen molar-refractivity contribution in [3.8, 4) is 6.07 Å². The third-order valence-electron chi connectivity index (χ3n) is 1.29. The van der Waals surface area contributed by atoms with E-state index in [1.807, 2.05) is 6.07 Å². The monoisotopic (exact) mass is 180 g/mol. The molecule has 1 unspecified atom stereocenters. The van der Waals surface area contributed by atoms with Gasteiger partial charge in [-0.05, 0) is 6.92 Å². The molecule has 1 rings (SSSR count). The van der Waals surface area contributed by atoms with Crippen molar-refractivity contribution in [3.63, 3.8) is 0 Å². The van der Waals surface area contributed by atoms with Gasteiger partial charge in [-0.15, -0.1) is 10.2 Å². The van der Waals surface area contributed by atoms with Gasteiger partial charge >= 0.3 is 0 Å². The van der Waals surface area contributed by atoms with Crippen LogP contribution in [0.15, 0.2) is 10.8 Å². The van der Waals surface area contributed by atoms with Gasteiger partial charge in [-0.1, -0.05) is 0 Å². The van der Waals surface area contributed by atoms with E-state index in [0.717, 1.165) is 6.39 Å². The molecular weight excluding hydrogens is 172 g/mol. The largest absolute Gasteiger partial charge is 0.427 e. The summed E-state index contributed by atoms with van der Waals surface area (Å²) in [6.45, 7) is 1.59. The lowest BCUT2D eigenvalue weighted by atomic mass is 10.3. The molecule has 0 aliphatic heterocycles. The van der Waals surface area contributed by atoms with Gasteiger partial charge in [-0.3, -0.25) is 4.79 Å². The summed E-state index contributed by atoms with van der Waals surface area (Å²) in [5.41, 5.74) is 0. The Hall–Kier alpha value is -1.90. The standard InChI is InChI=1S/C7H8N4O2/c1-5(3-8)10-6(12)2-7-11-9-4-13-7/h4-5H,2H2,1H3,(H,10,12). The molecule has 1 amide bonds. The van der Waals surface area contributed by atoms with Gasteiger partial charge in [0.15, 0.2) is 0 Å². The maximum Gasteiger partial charge on any atom is 0.230 e.